The van der Waals surface area contributed by atoms with E-state index < -0.39 is 11.7 Å². The zero-order valence-corrected chi connectivity index (χ0v) is 14.8. The highest BCUT2D eigenvalue weighted by Gasteiger charge is 2.35. The summed E-state index contributed by atoms with van der Waals surface area (Å²) < 4.78 is 44.7. The van der Waals surface area contributed by atoms with E-state index in [0.29, 0.717) is 37.6 Å². The Labute approximate surface area is 155 Å². The van der Waals surface area contributed by atoms with E-state index in [0.717, 1.165) is 6.07 Å². The zero-order valence-electron chi connectivity index (χ0n) is 14.8. The fourth-order valence-electron chi connectivity index (χ4n) is 3.02. The highest BCUT2D eigenvalue weighted by atomic mass is 19.4. The number of hydrogen-bond acceptors (Lipinski definition) is 3. The molecule has 2 aromatic carbocycles. The number of piperazine rings is 1. The summed E-state index contributed by atoms with van der Waals surface area (Å²) in [5.74, 6) is 0.685. The fourth-order valence-corrected chi connectivity index (χ4v) is 3.02. The Morgan fingerprint density at radius 2 is 1.63 bits per heavy atom. The summed E-state index contributed by atoms with van der Waals surface area (Å²) >= 11 is 0. The van der Waals surface area contributed by atoms with E-state index in [1.54, 1.807) is 47.2 Å². The Balaban J connectivity index is 1.61. The Hall–Kier alpha value is -2.90. The van der Waals surface area contributed by atoms with Crippen molar-refractivity contribution in [1.82, 2.24) is 4.90 Å². The number of nitrogens with zero attached hydrogens (tertiary/aromatic N) is 2. The van der Waals surface area contributed by atoms with Gasteiger partial charge in [0.25, 0.3) is 0 Å². The average Bonchev–Trinajstić information content (AvgIpc) is 2.68. The molecule has 0 radical (unpaired) electrons. The van der Waals surface area contributed by atoms with Gasteiger partial charge in [-0.15, -0.1) is 0 Å². The number of benzene rings is 2. The summed E-state index contributed by atoms with van der Waals surface area (Å²) in [5, 5.41) is 2.79. The van der Waals surface area contributed by atoms with Crippen molar-refractivity contribution in [3.8, 4) is 5.75 Å². The number of carbonyl (C=O) groups excluding carboxylic acids is 1. The standard InChI is InChI=1S/C19H20F3N3O2/c1-27-15-8-6-14(7-9-15)23-18(26)25-12-10-24(11-13-25)17-5-3-2-4-16(17)19(20,21)22/h2-9H,10-13H2,1H3,(H,23,26). The molecule has 27 heavy (non-hydrogen) atoms. The SMILES string of the molecule is COc1ccc(NC(=O)N2CCN(c3ccccc3C(F)(F)F)CC2)cc1. The second-order valence-corrected chi connectivity index (χ2v) is 6.15. The summed E-state index contributed by atoms with van der Waals surface area (Å²) in [7, 11) is 1.56. The number of halogens is 3. The number of carbonyl (C=O) groups is 1. The average molecular weight is 379 g/mol. The number of alkyl halides is 3. The van der Waals surface area contributed by atoms with Crippen molar-refractivity contribution < 1.29 is 22.7 Å². The highest BCUT2D eigenvalue weighted by molar-refractivity contribution is 5.89. The minimum absolute atomic E-state index is 0.153. The van der Waals surface area contributed by atoms with Crippen LogP contribution in [0.3, 0.4) is 0 Å². The van der Waals surface area contributed by atoms with Crippen LogP contribution in [-0.2, 0) is 6.18 Å². The molecule has 0 aromatic heterocycles. The van der Waals surface area contributed by atoms with Crippen LogP contribution in [0.4, 0.5) is 29.3 Å². The van der Waals surface area contributed by atoms with Gasteiger partial charge in [-0.25, -0.2) is 4.79 Å². The van der Waals surface area contributed by atoms with Gasteiger partial charge < -0.3 is 19.9 Å². The molecule has 0 bridgehead atoms. The molecule has 1 N–H and O–H groups in total. The van der Waals surface area contributed by atoms with Crippen LogP contribution in [0.25, 0.3) is 0 Å². The van der Waals surface area contributed by atoms with E-state index in [9.17, 15) is 18.0 Å². The maximum Gasteiger partial charge on any atom is 0.418 e. The number of nitrogens with one attached hydrogen (secondary N) is 1. The van der Waals surface area contributed by atoms with Crippen molar-refractivity contribution in [2.45, 2.75) is 6.18 Å². The summed E-state index contributed by atoms with van der Waals surface area (Å²) in [4.78, 5) is 15.6. The minimum atomic E-state index is -4.40. The lowest BCUT2D eigenvalue weighted by Gasteiger charge is -2.37. The van der Waals surface area contributed by atoms with Crippen LogP contribution in [-0.4, -0.2) is 44.2 Å². The molecule has 5 nitrogen and oxygen atoms in total. The van der Waals surface area contributed by atoms with Crippen LogP contribution < -0.4 is 15.0 Å². The third kappa shape index (κ3) is 4.45. The Morgan fingerprint density at radius 1 is 1.00 bits per heavy atom. The Bertz CT molecular complexity index is 786. The highest BCUT2D eigenvalue weighted by Crippen LogP contribution is 2.36. The van der Waals surface area contributed by atoms with Crippen molar-refractivity contribution in [2.75, 3.05) is 43.5 Å². The summed E-state index contributed by atoms with van der Waals surface area (Å²) in [6.07, 6.45) is -4.40. The smallest absolute Gasteiger partial charge is 0.418 e. The first-order chi connectivity index (χ1) is 12.9. The van der Waals surface area contributed by atoms with Gasteiger partial charge >= 0.3 is 12.2 Å². The molecule has 0 aliphatic carbocycles. The number of hydrogen-bond donors (Lipinski definition) is 1. The minimum Gasteiger partial charge on any atom is -0.497 e. The normalized spacial score (nSPS) is 14.8. The molecule has 3 rings (SSSR count). The van der Waals surface area contributed by atoms with Gasteiger partial charge in [0.15, 0.2) is 0 Å². The van der Waals surface area contributed by atoms with E-state index in [-0.39, 0.29) is 11.7 Å². The maximum absolute atomic E-state index is 13.2. The molecule has 8 heteroatoms. The van der Waals surface area contributed by atoms with E-state index in [1.165, 1.54) is 12.1 Å². The lowest BCUT2D eigenvalue weighted by atomic mass is 10.1. The number of amides is 2. The van der Waals surface area contributed by atoms with Gasteiger partial charge in [-0.2, -0.15) is 13.2 Å². The van der Waals surface area contributed by atoms with Crippen molar-refractivity contribution in [3.63, 3.8) is 0 Å². The van der Waals surface area contributed by atoms with E-state index in [2.05, 4.69) is 5.32 Å². The van der Waals surface area contributed by atoms with Crippen LogP contribution in [0.5, 0.6) is 5.75 Å². The quantitative estimate of drug-likeness (QED) is 0.875. The van der Waals surface area contributed by atoms with Gasteiger partial charge in [-0.05, 0) is 36.4 Å². The third-order valence-corrected chi connectivity index (χ3v) is 4.46. The Kier molecular flexibility index (Phi) is 5.43. The predicted molar refractivity (Wildman–Crippen MR) is 97.2 cm³/mol. The molecule has 2 aromatic rings. The van der Waals surface area contributed by atoms with E-state index in [1.807, 2.05) is 0 Å². The van der Waals surface area contributed by atoms with Gasteiger partial charge in [0.1, 0.15) is 5.75 Å². The topological polar surface area (TPSA) is 44.8 Å². The van der Waals surface area contributed by atoms with Gasteiger partial charge in [-0.3, -0.25) is 0 Å². The van der Waals surface area contributed by atoms with Crippen molar-refractivity contribution >= 4 is 17.4 Å². The molecule has 0 spiro atoms. The van der Waals surface area contributed by atoms with Crippen LogP contribution >= 0.6 is 0 Å². The lowest BCUT2D eigenvalue weighted by molar-refractivity contribution is -0.137. The van der Waals surface area contributed by atoms with Gasteiger partial charge in [0.05, 0.1) is 12.7 Å². The molecule has 1 fully saturated rings. The second-order valence-electron chi connectivity index (χ2n) is 6.15. The second kappa shape index (κ2) is 7.77. The maximum atomic E-state index is 13.2. The van der Waals surface area contributed by atoms with Crippen molar-refractivity contribution in [2.24, 2.45) is 0 Å². The molecule has 0 atom stereocenters. The summed E-state index contributed by atoms with van der Waals surface area (Å²) in [5.41, 5.74) is 0.131. The number of rotatable bonds is 3. The predicted octanol–water partition coefficient (Wildman–Crippen LogP) is 4.07. The van der Waals surface area contributed by atoms with Gasteiger partial charge in [0, 0.05) is 37.6 Å². The first-order valence-corrected chi connectivity index (χ1v) is 8.49. The zero-order chi connectivity index (χ0) is 19.4. The van der Waals surface area contributed by atoms with Crippen LogP contribution in [0.2, 0.25) is 0 Å². The molecule has 1 aliphatic heterocycles. The Morgan fingerprint density at radius 3 is 2.22 bits per heavy atom. The molecule has 2 amide bonds. The molecule has 144 valence electrons. The largest absolute Gasteiger partial charge is 0.497 e. The molecule has 1 heterocycles. The fraction of sp³-hybridized carbons (Fsp3) is 0.316. The molecule has 0 saturated carbocycles. The van der Waals surface area contributed by atoms with Gasteiger partial charge in [0.2, 0.25) is 0 Å². The number of methoxy groups -OCH3 is 1. The van der Waals surface area contributed by atoms with Crippen LogP contribution in [0.1, 0.15) is 5.56 Å². The first kappa shape index (κ1) is 18.9. The van der Waals surface area contributed by atoms with Gasteiger partial charge in [-0.1, -0.05) is 12.1 Å². The number of para-hydroxylation sites is 1. The molecular weight excluding hydrogens is 359 g/mol. The molecule has 1 saturated heterocycles. The molecule has 0 unspecified atom stereocenters. The van der Waals surface area contributed by atoms with E-state index in [4.69, 9.17) is 4.74 Å². The lowest BCUT2D eigenvalue weighted by Crippen LogP contribution is -2.50. The number of urea groups is 1. The number of anilines is 2. The first-order valence-electron chi connectivity index (χ1n) is 8.49. The van der Waals surface area contributed by atoms with E-state index >= 15 is 0 Å². The third-order valence-electron chi connectivity index (χ3n) is 4.46. The number of ether oxygens (including phenoxy) is 1. The molecular formula is C19H20F3N3O2. The monoisotopic (exact) mass is 379 g/mol. The van der Waals surface area contributed by atoms with Crippen LogP contribution in [0.15, 0.2) is 48.5 Å². The molecule has 1 aliphatic rings. The van der Waals surface area contributed by atoms with Crippen LogP contribution in [0, 0.1) is 0 Å². The summed E-state index contributed by atoms with van der Waals surface area (Å²) in [6, 6.07) is 12.2. The van der Waals surface area contributed by atoms with Crippen molar-refractivity contribution in [3.05, 3.63) is 54.1 Å². The van der Waals surface area contributed by atoms with Crippen molar-refractivity contribution in [1.29, 1.82) is 0 Å². The summed E-state index contributed by atoms with van der Waals surface area (Å²) in [6.45, 7) is 1.36.